The average molecular weight is 244 g/mol. The van der Waals surface area contributed by atoms with Gasteiger partial charge in [-0.05, 0) is 26.1 Å². The van der Waals surface area contributed by atoms with Gasteiger partial charge in [-0.25, -0.2) is 0 Å². The van der Waals surface area contributed by atoms with Crippen molar-refractivity contribution >= 4 is 5.57 Å². The summed E-state index contributed by atoms with van der Waals surface area (Å²) in [4.78, 5) is 2.10. The first-order chi connectivity index (χ1) is 8.47. The zero-order valence-corrected chi connectivity index (χ0v) is 11.6. The summed E-state index contributed by atoms with van der Waals surface area (Å²) in [7, 11) is 5.80. The Balaban J connectivity index is 3.49. The lowest BCUT2D eigenvalue weighted by atomic mass is 9.99. The Morgan fingerprint density at radius 1 is 1.61 bits per heavy atom. The molecule has 0 radical (unpaired) electrons. The van der Waals surface area contributed by atoms with Gasteiger partial charge < -0.3 is 4.90 Å². The summed E-state index contributed by atoms with van der Waals surface area (Å²) in [5.41, 5.74) is 2.99. The predicted molar refractivity (Wildman–Crippen MR) is 73.9 cm³/mol. The van der Waals surface area contributed by atoms with E-state index in [9.17, 15) is 5.26 Å². The predicted octanol–water partition coefficient (Wildman–Crippen LogP) is 2.50. The number of aryl methyl sites for hydroxylation is 1. The molecule has 96 valence electrons. The van der Waals surface area contributed by atoms with Gasteiger partial charge in [-0.3, -0.25) is 4.68 Å². The van der Waals surface area contributed by atoms with E-state index in [0.29, 0.717) is 5.69 Å². The van der Waals surface area contributed by atoms with Crippen molar-refractivity contribution in [2.45, 2.75) is 19.4 Å². The van der Waals surface area contributed by atoms with Crippen LogP contribution in [-0.4, -0.2) is 28.8 Å². The van der Waals surface area contributed by atoms with Gasteiger partial charge in [0.15, 0.2) is 0 Å². The van der Waals surface area contributed by atoms with Gasteiger partial charge in [0.05, 0.1) is 11.7 Å². The van der Waals surface area contributed by atoms with E-state index in [1.54, 1.807) is 17.8 Å². The first kappa shape index (κ1) is 14.2. The van der Waals surface area contributed by atoms with Gasteiger partial charge in [-0.1, -0.05) is 26.2 Å². The van der Waals surface area contributed by atoms with Crippen LogP contribution in [0.3, 0.4) is 0 Å². The SMILES string of the molecule is C=CC(=C)c1c(C(CC)N(C)C)nn(C)c1C#N. The number of rotatable bonds is 5. The molecule has 1 rings (SSSR count). The molecule has 0 amide bonds. The minimum absolute atomic E-state index is 0.171. The van der Waals surface area contributed by atoms with Crippen LogP contribution in [-0.2, 0) is 7.05 Å². The molecule has 0 N–H and O–H groups in total. The van der Waals surface area contributed by atoms with Crippen LogP contribution >= 0.6 is 0 Å². The normalized spacial score (nSPS) is 12.2. The first-order valence-corrected chi connectivity index (χ1v) is 5.93. The second-order valence-corrected chi connectivity index (χ2v) is 4.46. The van der Waals surface area contributed by atoms with Crippen molar-refractivity contribution in [1.82, 2.24) is 14.7 Å². The highest BCUT2D eigenvalue weighted by molar-refractivity contribution is 5.76. The third-order valence-electron chi connectivity index (χ3n) is 3.07. The zero-order chi connectivity index (χ0) is 13.9. The van der Waals surface area contributed by atoms with Gasteiger partial charge in [0.2, 0.25) is 0 Å². The standard InChI is InChI=1S/C14H20N4/c1-7-10(3)13-12(9-15)18(6)16-14(13)11(8-2)17(4)5/h7,11H,1,3,8H2,2,4-6H3. The molecule has 4 nitrogen and oxygen atoms in total. The van der Waals surface area contributed by atoms with Crippen LogP contribution in [0.4, 0.5) is 0 Å². The third kappa shape index (κ3) is 2.36. The summed E-state index contributed by atoms with van der Waals surface area (Å²) in [6.07, 6.45) is 2.59. The Hall–Kier alpha value is -1.86. The molecule has 1 aromatic heterocycles. The van der Waals surface area contributed by atoms with E-state index in [0.717, 1.165) is 23.3 Å². The number of aromatic nitrogens is 2. The average Bonchev–Trinajstić information content (AvgIpc) is 2.65. The largest absolute Gasteiger partial charge is 0.301 e. The number of nitriles is 1. The molecule has 0 fully saturated rings. The number of hydrogen-bond acceptors (Lipinski definition) is 3. The molecule has 1 aromatic rings. The van der Waals surface area contributed by atoms with Gasteiger partial charge >= 0.3 is 0 Å². The van der Waals surface area contributed by atoms with Crippen molar-refractivity contribution in [3.05, 3.63) is 36.2 Å². The lowest BCUT2D eigenvalue weighted by molar-refractivity contribution is 0.284. The zero-order valence-electron chi connectivity index (χ0n) is 11.6. The number of nitrogens with zero attached hydrogens (tertiary/aromatic N) is 4. The van der Waals surface area contributed by atoms with Crippen molar-refractivity contribution in [3.63, 3.8) is 0 Å². The van der Waals surface area contributed by atoms with E-state index < -0.39 is 0 Å². The fourth-order valence-corrected chi connectivity index (χ4v) is 2.13. The monoisotopic (exact) mass is 244 g/mol. The summed E-state index contributed by atoms with van der Waals surface area (Å²) >= 11 is 0. The van der Waals surface area contributed by atoms with Gasteiger partial charge in [-0.2, -0.15) is 10.4 Å². The smallest absolute Gasteiger partial charge is 0.146 e. The topological polar surface area (TPSA) is 44.9 Å². The fourth-order valence-electron chi connectivity index (χ4n) is 2.13. The van der Waals surface area contributed by atoms with E-state index >= 15 is 0 Å². The Morgan fingerprint density at radius 3 is 2.61 bits per heavy atom. The first-order valence-electron chi connectivity index (χ1n) is 5.93. The third-order valence-corrected chi connectivity index (χ3v) is 3.07. The maximum absolute atomic E-state index is 9.25. The maximum atomic E-state index is 9.25. The molecule has 0 aliphatic rings. The Labute approximate surface area is 109 Å². The maximum Gasteiger partial charge on any atom is 0.146 e. The molecule has 0 aromatic carbocycles. The molecule has 0 bridgehead atoms. The summed E-state index contributed by atoms with van der Waals surface area (Å²) < 4.78 is 1.62. The Kier molecular flexibility index (Phi) is 4.46. The Bertz CT molecular complexity index is 503. The molecule has 1 atom stereocenters. The van der Waals surface area contributed by atoms with Crippen molar-refractivity contribution in [2.24, 2.45) is 7.05 Å². The molecule has 18 heavy (non-hydrogen) atoms. The molecule has 0 saturated carbocycles. The van der Waals surface area contributed by atoms with E-state index in [1.165, 1.54) is 0 Å². The van der Waals surface area contributed by atoms with Crippen molar-refractivity contribution in [3.8, 4) is 6.07 Å². The highest BCUT2D eigenvalue weighted by Crippen LogP contribution is 2.30. The van der Waals surface area contributed by atoms with Crippen LogP contribution in [0.5, 0.6) is 0 Å². The summed E-state index contributed by atoms with van der Waals surface area (Å²) in [6, 6.07) is 2.36. The van der Waals surface area contributed by atoms with Crippen LogP contribution in [0, 0.1) is 11.3 Å². The lowest BCUT2D eigenvalue weighted by Gasteiger charge is -2.22. The number of allylic oxidation sites excluding steroid dienone is 2. The summed E-state index contributed by atoms with van der Waals surface area (Å²) in [5, 5.41) is 13.7. The fraction of sp³-hybridized carbons (Fsp3) is 0.429. The quantitative estimate of drug-likeness (QED) is 0.748. The van der Waals surface area contributed by atoms with E-state index in [-0.39, 0.29) is 6.04 Å². The summed E-state index contributed by atoms with van der Waals surface area (Å²) in [6.45, 7) is 9.80. The van der Waals surface area contributed by atoms with Crippen molar-refractivity contribution in [2.75, 3.05) is 14.1 Å². The minimum Gasteiger partial charge on any atom is -0.301 e. The van der Waals surface area contributed by atoms with E-state index in [4.69, 9.17) is 0 Å². The van der Waals surface area contributed by atoms with Gasteiger partial charge in [0, 0.05) is 12.6 Å². The van der Waals surface area contributed by atoms with Crippen molar-refractivity contribution < 1.29 is 0 Å². The van der Waals surface area contributed by atoms with Crippen LogP contribution < -0.4 is 0 Å². The van der Waals surface area contributed by atoms with E-state index in [2.05, 4.69) is 36.1 Å². The molecule has 1 unspecified atom stereocenters. The van der Waals surface area contributed by atoms with Crippen molar-refractivity contribution in [1.29, 1.82) is 5.26 Å². The molecular formula is C14H20N4. The molecular weight excluding hydrogens is 224 g/mol. The molecule has 0 aliphatic carbocycles. The number of hydrogen-bond donors (Lipinski definition) is 0. The van der Waals surface area contributed by atoms with E-state index in [1.807, 2.05) is 14.1 Å². The molecule has 4 heteroatoms. The van der Waals surface area contributed by atoms with Crippen LogP contribution in [0.25, 0.3) is 5.57 Å². The molecule has 0 spiro atoms. The lowest BCUT2D eigenvalue weighted by Crippen LogP contribution is -2.20. The van der Waals surface area contributed by atoms with Gasteiger partial charge in [0.1, 0.15) is 11.8 Å². The highest BCUT2D eigenvalue weighted by atomic mass is 15.3. The van der Waals surface area contributed by atoms with Gasteiger partial charge in [0.25, 0.3) is 0 Å². The van der Waals surface area contributed by atoms with Crippen LogP contribution in [0.1, 0.15) is 36.3 Å². The second kappa shape index (κ2) is 5.65. The molecule has 0 saturated heterocycles. The van der Waals surface area contributed by atoms with Gasteiger partial charge in [-0.15, -0.1) is 0 Å². The molecule has 1 heterocycles. The minimum atomic E-state index is 0.171. The van der Waals surface area contributed by atoms with Crippen LogP contribution in [0.2, 0.25) is 0 Å². The van der Waals surface area contributed by atoms with Crippen LogP contribution in [0.15, 0.2) is 19.2 Å². The summed E-state index contributed by atoms with van der Waals surface area (Å²) in [5.74, 6) is 0. The molecule has 0 aliphatic heterocycles. The second-order valence-electron chi connectivity index (χ2n) is 4.46. The highest BCUT2D eigenvalue weighted by Gasteiger charge is 2.24. The Morgan fingerprint density at radius 2 is 2.22 bits per heavy atom.